The molecule has 1 fully saturated rings. The number of nitrogens with zero attached hydrogens (tertiary/aromatic N) is 1. The van der Waals surface area contributed by atoms with Gasteiger partial charge in [-0.25, -0.2) is 0 Å². The summed E-state index contributed by atoms with van der Waals surface area (Å²) < 4.78 is 0. The van der Waals surface area contributed by atoms with Gasteiger partial charge < -0.3 is 11.1 Å². The minimum atomic E-state index is 0.0442. The summed E-state index contributed by atoms with van der Waals surface area (Å²) in [6, 6.07) is 1.93. The van der Waals surface area contributed by atoms with E-state index in [-0.39, 0.29) is 17.2 Å². The van der Waals surface area contributed by atoms with Crippen LogP contribution in [0.25, 0.3) is 0 Å². The number of carbonyl (C=O) groups is 1. The monoisotopic (exact) mass is 278 g/mol. The highest BCUT2D eigenvalue weighted by atomic mass is 16.2. The van der Waals surface area contributed by atoms with E-state index in [4.69, 9.17) is 5.73 Å². The minimum absolute atomic E-state index is 0.0442. The van der Waals surface area contributed by atoms with E-state index < -0.39 is 0 Å². The Bertz CT molecular complexity index is 461. The van der Waals surface area contributed by atoms with Gasteiger partial charge in [0.2, 0.25) is 5.91 Å². The summed E-state index contributed by atoms with van der Waals surface area (Å²) in [7, 11) is 0. The fraction of sp³-hybridized carbons (Fsp3) is 0.733. The molecule has 0 saturated heterocycles. The van der Waals surface area contributed by atoms with Crippen molar-refractivity contribution in [3.63, 3.8) is 0 Å². The molecule has 1 saturated carbocycles. The van der Waals surface area contributed by atoms with Crippen molar-refractivity contribution in [1.82, 2.24) is 10.2 Å². The van der Waals surface area contributed by atoms with Gasteiger partial charge >= 0.3 is 0 Å². The summed E-state index contributed by atoms with van der Waals surface area (Å²) in [5.74, 6) is 1.05. The van der Waals surface area contributed by atoms with Crippen molar-refractivity contribution in [3.8, 4) is 0 Å². The molecular weight excluding hydrogens is 252 g/mol. The maximum absolute atomic E-state index is 12.3. The summed E-state index contributed by atoms with van der Waals surface area (Å²) >= 11 is 0. The Morgan fingerprint density at radius 2 is 2.25 bits per heavy atom. The third-order valence-electron chi connectivity index (χ3n) is 3.90. The molecule has 0 unspecified atom stereocenters. The Labute approximate surface area is 120 Å². The van der Waals surface area contributed by atoms with E-state index in [0.717, 1.165) is 31.4 Å². The van der Waals surface area contributed by atoms with Gasteiger partial charge in [-0.05, 0) is 37.1 Å². The van der Waals surface area contributed by atoms with Crippen molar-refractivity contribution < 1.29 is 4.79 Å². The Morgan fingerprint density at radius 1 is 1.50 bits per heavy atom. The second kappa shape index (κ2) is 5.95. The summed E-state index contributed by atoms with van der Waals surface area (Å²) in [5.41, 5.74) is 6.98. The summed E-state index contributed by atoms with van der Waals surface area (Å²) in [6.07, 6.45) is 4.00. The lowest BCUT2D eigenvalue weighted by Crippen LogP contribution is -2.29. The van der Waals surface area contributed by atoms with Gasteiger partial charge in [-0.15, -0.1) is 0 Å². The van der Waals surface area contributed by atoms with E-state index >= 15 is 0 Å². The van der Waals surface area contributed by atoms with Gasteiger partial charge in [0.15, 0.2) is 5.82 Å². The van der Waals surface area contributed by atoms with Crippen LogP contribution in [0.1, 0.15) is 45.7 Å². The second-order valence-corrected chi connectivity index (χ2v) is 7.04. The number of hydrogen-bond acceptors (Lipinski definition) is 3. The number of nitrogens with two attached hydrogens (primary N) is 1. The lowest BCUT2D eigenvalue weighted by molar-refractivity contribution is -0.120. The lowest BCUT2D eigenvalue weighted by Gasteiger charge is -2.16. The molecular formula is C15H26N4O. The van der Waals surface area contributed by atoms with E-state index in [1.807, 2.05) is 6.07 Å². The van der Waals surface area contributed by atoms with Crippen molar-refractivity contribution in [1.29, 1.82) is 0 Å². The van der Waals surface area contributed by atoms with E-state index in [9.17, 15) is 4.79 Å². The predicted octanol–water partition coefficient (Wildman–Crippen LogP) is 2.31. The van der Waals surface area contributed by atoms with E-state index in [0.29, 0.717) is 18.3 Å². The zero-order chi connectivity index (χ0) is 14.8. The molecule has 5 nitrogen and oxygen atoms in total. The molecule has 1 aliphatic carbocycles. The minimum Gasteiger partial charge on any atom is -0.330 e. The molecule has 112 valence electrons. The average molecular weight is 278 g/mol. The normalized spacial score (nSPS) is 23.0. The molecule has 0 aromatic carbocycles. The molecule has 20 heavy (non-hydrogen) atoms. The number of amides is 1. The number of aromatic nitrogens is 2. The molecule has 2 atom stereocenters. The maximum Gasteiger partial charge on any atom is 0.229 e. The van der Waals surface area contributed by atoms with Crippen molar-refractivity contribution >= 4 is 11.7 Å². The number of carbonyl (C=O) groups excluding carboxylic acids is 1. The van der Waals surface area contributed by atoms with Gasteiger partial charge in [-0.2, -0.15) is 5.10 Å². The van der Waals surface area contributed by atoms with Crippen molar-refractivity contribution in [2.75, 3.05) is 11.9 Å². The van der Waals surface area contributed by atoms with Gasteiger partial charge in [0, 0.05) is 17.7 Å². The molecule has 1 aromatic rings. The van der Waals surface area contributed by atoms with Gasteiger partial charge in [0.25, 0.3) is 0 Å². The fourth-order valence-electron chi connectivity index (χ4n) is 2.97. The van der Waals surface area contributed by atoms with Crippen LogP contribution in [0.3, 0.4) is 0 Å². The first-order valence-electron chi connectivity index (χ1n) is 7.44. The number of H-pyrrole nitrogens is 1. The van der Waals surface area contributed by atoms with Crippen LogP contribution in [-0.4, -0.2) is 22.6 Å². The summed E-state index contributed by atoms with van der Waals surface area (Å²) in [4.78, 5) is 12.3. The van der Waals surface area contributed by atoms with Crippen LogP contribution in [0.5, 0.6) is 0 Å². The van der Waals surface area contributed by atoms with Crippen LogP contribution in [0.4, 0.5) is 5.82 Å². The van der Waals surface area contributed by atoms with Crippen LogP contribution >= 0.6 is 0 Å². The second-order valence-electron chi connectivity index (χ2n) is 7.04. The first-order valence-corrected chi connectivity index (χ1v) is 7.44. The number of aromatic amines is 1. The number of hydrogen-bond donors (Lipinski definition) is 3. The predicted molar refractivity (Wildman–Crippen MR) is 80.3 cm³/mol. The van der Waals surface area contributed by atoms with Crippen LogP contribution < -0.4 is 11.1 Å². The van der Waals surface area contributed by atoms with Crippen molar-refractivity contribution in [2.24, 2.45) is 23.0 Å². The molecule has 0 bridgehead atoms. The molecule has 1 aliphatic rings. The van der Waals surface area contributed by atoms with Gasteiger partial charge in [0.05, 0.1) is 0 Å². The summed E-state index contributed by atoms with van der Waals surface area (Å²) in [6.45, 7) is 7.12. The first-order chi connectivity index (χ1) is 9.39. The quantitative estimate of drug-likeness (QED) is 0.790. The average Bonchev–Trinajstić information content (AvgIpc) is 2.95. The largest absolute Gasteiger partial charge is 0.330 e. The Balaban J connectivity index is 1.95. The highest BCUT2D eigenvalue weighted by Crippen LogP contribution is 2.31. The molecule has 5 heteroatoms. The lowest BCUT2D eigenvalue weighted by atomic mass is 9.91. The Hall–Kier alpha value is -1.36. The third kappa shape index (κ3) is 3.82. The first kappa shape index (κ1) is 15.0. The zero-order valence-electron chi connectivity index (χ0n) is 12.7. The highest BCUT2D eigenvalue weighted by molar-refractivity contribution is 5.92. The van der Waals surface area contributed by atoms with Crippen molar-refractivity contribution in [3.05, 3.63) is 11.8 Å². The number of anilines is 1. The highest BCUT2D eigenvalue weighted by Gasteiger charge is 2.32. The third-order valence-corrected chi connectivity index (χ3v) is 3.90. The van der Waals surface area contributed by atoms with Crippen LogP contribution in [-0.2, 0) is 11.2 Å². The number of nitrogens with one attached hydrogen (secondary N) is 2. The molecule has 0 spiro atoms. The molecule has 1 aromatic heterocycles. The Kier molecular flexibility index (Phi) is 4.48. The van der Waals surface area contributed by atoms with Crippen molar-refractivity contribution in [2.45, 2.75) is 46.5 Å². The molecule has 0 radical (unpaired) electrons. The SMILES string of the molecule is CC(C)(C)Cc1cc(NC(=O)[C@@H]2CCC[C@@H]2CN)n[nH]1. The topological polar surface area (TPSA) is 83.8 Å². The van der Waals surface area contributed by atoms with Crippen LogP contribution in [0.15, 0.2) is 6.07 Å². The number of rotatable bonds is 4. The maximum atomic E-state index is 12.3. The smallest absolute Gasteiger partial charge is 0.229 e. The van der Waals surface area contributed by atoms with E-state index in [1.165, 1.54) is 0 Å². The molecule has 1 amide bonds. The standard InChI is InChI=1S/C15H26N4O/c1-15(2,3)8-11-7-13(19-18-11)17-14(20)12-6-4-5-10(12)9-16/h7,10,12H,4-6,8-9,16H2,1-3H3,(H2,17,18,19,20)/t10-,12-/m1/s1. The van der Waals surface area contributed by atoms with Gasteiger partial charge in [0.1, 0.15) is 0 Å². The summed E-state index contributed by atoms with van der Waals surface area (Å²) in [5, 5.41) is 10.1. The van der Waals surface area contributed by atoms with Crippen LogP contribution in [0.2, 0.25) is 0 Å². The van der Waals surface area contributed by atoms with E-state index in [2.05, 4.69) is 36.3 Å². The Morgan fingerprint density at radius 3 is 2.90 bits per heavy atom. The van der Waals surface area contributed by atoms with Crippen LogP contribution in [0, 0.1) is 17.3 Å². The van der Waals surface area contributed by atoms with Gasteiger partial charge in [-0.3, -0.25) is 9.89 Å². The van der Waals surface area contributed by atoms with Gasteiger partial charge in [-0.1, -0.05) is 27.2 Å². The van der Waals surface area contributed by atoms with E-state index in [1.54, 1.807) is 0 Å². The molecule has 0 aliphatic heterocycles. The fourth-order valence-corrected chi connectivity index (χ4v) is 2.97. The molecule has 1 heterocycles. The zero-order valence-corrected chi connectivity index (χ0v) is 12.7. The molecule has 2 rings (SSSR count). The molecule has 4 N–H and O–H groups in total.